The molecule has 0 radical (unpaired) electrons. The molecule has 19 heavy (non-hydrogen) atoms. The first kappa shape index (κ1) is 13.2. The van der Waals surface area contributed by atoms with Gasteiger partial charge in [-0.2, -0.15) is 0 Å². The number of amides is 1. The smallest absolute Gasteiger partial charge is 0.323 e. The van der Waals surface area contributed by atoms with Gasteiger partial charge in [0.05, 0.1) is 0 Å². The van der Waals surface area contributed by atoms with Crippen molar-refractivity contribution in [2.75, 3.05) is 11.4 Å². The SMILES string of the molecule is O=C(O)CN(C(=O)c1ccc[nH]1)c1cccc(Cl)c1. The highest BCUT2D eigenvalue weighted by atomic mass is 35.5. The molecule has 0 aliphatic rings. The second-order valence-corrected chi connectivity index (χ2v) is 4.29. The average Bonchev–Trinajstić information content (AvgIpc) is 2.88. The van der Waals surface area contributed by atoms with Gasteiger partial charge in [-0.3, -0.25) is 14.5 Å². The minimum absolute atomic E-state index is 0.321. The lowest BCUT2D eigenvalue weighted by atomic mass is 10.2. The minimum atomic E-state index is -1.10. The number of carbonyl (C=O) groups excluding carboxylic acids is 1. The van der Waals surface area contributed by atoms with E-state index in [9.17, 15) is 9.59 Å². The number of nitrogens with one attached hydrogen (secondary N) is 1. The van der Waals surface area contributed by atoms with Crippen molar-refractivity contribution in [3.8, 4) is 0 Å². The highest BCUT2D eigenvalue weighted by Gasteiger charge is 2.21. The summed E-state index contributed by atoms with van der Waals surface area (Å²) in [7, 11) is 0. The number of benzene rings is 1. The monoisotopic (exact) mass is 278 g/mol. The molecule has 0 saturated heterocycles. The number of hydrogen-bond acceptors (Lipinski definition) is 2. The Hall–Kier alpha value is -2.27. The molecule has 98 valence electrons. The molecule has 2 rings (SSSR count). The van der Waals surface area contributed by atoms with Crippen LogP contribution in [0.3, 0.4) is 0 Å². The number of H-pyrrole nitrogens is 1. The lowest BCUT2D eigenvalue weighted by Gasteiger charge is -2.20. The molecular formula is C13H11ClN2O3. The van der Waals surface area contributed by atoms with Gasteiger partial charge in [-0.25, -0.2) is 0 Å². The summed E-state index contributed by atoms with van der Waals surface area (Å²) >= 11 is 5.86. The van der Waals surface area contributed by atoms with E-state index in [-0.39, 0.29) is 0 Å². The molecule has 2 aromatic rings. The van der Waals surface area contributed by atoms with Crippen LogP contribution in [0.4, 0.5) is 5.69 Å². The predicted octanol–water partition coefficient (Wildman–Crippen LogP) is 2.40. The number of aromatic amines is 1. The van der Waals surface area contributed by atoms with Gasteiger partial charge >= 0.3 is 5.97 Å². The van der Waals surface area contributed by atoms with Crippen LogP contribution in [0.15, 0.2) is 42.6 Å². The number of aliphatic carboxylic acids is 1. The van der Waals surface area contributed by atoms with Gasteiger partial charge in [0.25, 0.3) is 5.91 Å². The van der Waals surface area contributed by atoms with Crippen LogP contribution in [-0.2, 0) is 4.79 Å². The largest absolute Gasteiger partial charge is 0.480 e. The molecule has 1 heterocycles. The van der Waals surface area contributed by atoms with Crippen LogP contribution >= 0.6 is 11.6 Å². The molecule has 1 aromatic heterocycles. The number of hydrogen-bond donors (Lipinski definition) is 2. The van der Waals surface area contributed by atoms with Gasteiger partial charge in [0.1, 0.15) is 12.2 Å². The van der Waals surface area contributed by atoms with E-state index in [1.807, 2.05) is 0 Å². The predicted molar refractivity (Wildman–Crippen MR) is 71.6 cm³/mol. The van der Waals surface area contributed by atoms with Crippen molar-refractivity contribution in [1.29, 1.82) is 0 Å². The fraction of sp³-hybridized carbons (Fsp3) is 0.0769. The summed E-state index contributed by atoms with van der Waals surface area (Å²) in [6.07, 6.45) is 1.60. The van der Waals surface area contributed by atoms with Crippen molar-refractivity contribution >= 4 is 29.2 Å². The Kier molecular flexibility index (Phi) is 3.87. The summed E-state index contributed by atoms with van der Waals surface area (Å²) in [4.78, 5) is 27.1. The zero-order valence-corrected chi connectivity index (χ0v) is 10.6. The molecule has 0 unspecified atom stereocenters. The average molecular weight is 279 g/mol. The summed E-state index contributed by atoms with van der Waals surface area (Å²) in [5, 5.41) is 9.36. The Morgan fingerprint density at radius 2 is 2.05 bits per heavy atom. The van der Waals surface area contributed by atoms with Gasteiger partial charge in [0, 0.05) is 16.9 Å². The number of halogens is 1. The molecular weight excluding hydrogens is 268 g/mol. The standard InChI is InChI=1S/C13H11ClN2O3/c14-9-3-1-4-10(7-9)16(8-12(17)18)13(19)11-5-2-6-15-11/h1-7,15H,8H2,(H,17,18). The Bertz CT molecular complexity index is 596. The van der Waals surface area contributed by atoms with E-state index in [2.05, 4.69) is 4.98 Å². The van der Waals surface area contributed by atoms with Crippen LogP contribution < -0.4 is 4.90 Å². The van der Waals surface area contributed by atoms with Gasteiger partial charge in [-0.1, -0.05) is 17.7 Å². The maximum absolute atomic E-state index is 12.2. The van der Waals surface area contributed by atoms with Crippen LogP contribution in [0.2, 0.25) is 5.02 Å². The van der Waals surface area contributed by atoms with Crippen molar-refractivity contribution in [3.63, 3.8) is 0 Å². The van der Waals surface area contributed by atoms with Crippen molar-refractivity contribution in [3.05, 3.63) is 53.3 Å². The second-order valence-electron chi connectivity index (χ2n) is 3.85. The molecule has 6 heteroatoms. The van der Waals surface area contributed by atoms with E-state index in [0.717, 1.165) is 4.90 Å². The minimum Gasteiger partial charge on any atom is -0.480 e. The van der Waals surface area contributed by atoms with Gasteiger partial charge in [-0.15, -0.1) is 0 Å². The van der Waals surface area contributed by atoms with Gasteiger partial charge in [0.15, 0.2) is 0 Å². The second kappa shape index (κ2) is 5.58. The maximum Gasteiger partial charge on any atom is 0.323 e. The van der Waals surface area contributed by atoms with Gasteiger partial charge in [0.2, 0.25) is 0 Å². The van der Waals surface area contributed by atoms with Crippen LogP contribution in [0.1, 0.15) is 10.5 Å². The third kappa shape index (κ3) is 3.14. The highest BCUT2D eigenvalue weighted by molar-refractivity contribution is 6.31. The first-order chi connectivity index (χ1) is 9.08. The van der Waals surface area contributed by atoms with Crippen molar-refractivity contribution in [1.82, 2.24) is 4.98 Å². The first-order valence-corrected chi connectivity index (χ1v) is 5.88. The number of anilines is 1. The van der Waals surface area contributed by atoms with Crippen molar-refractivity contribution < 1.29 is 14.7 Å². The summed E-state index contributed by atoms with van der Waals surface area (Å²) in [6.45, 7) is -0.432. The zero-order valence-electron chi connectivity index (χ0n) is 9.84. The number of carboxylic acids is 1. The Morgan fingerprint density at radius 3 is 2.63 bits per heavy atom. The summed E-state index contributed by atoms with van der Waals surface area (Å²) < 4.78 is 0. The molecule has 0 atom stereocenters. The molecule has 0 aliphatic carbocycles. The van der Waals surface area contributed by atoms with Crippen LogP contribution in [0, 0.1) is 0 Å². The van der Waals surface area contributed by atoms with Crippen LogP contribution in [-0.4, -0.2) is 28.5 Å². The first-order valence-electron chi connectivity index (χ1n) is 5.50. The molecule has 1 amide bonds. The van der Waals surface area contributed by atoms with E-state index in [0.29, 0.717) is 16.4 Å². The lowest BCUT2D eigenvalue weighted by molar-refractivity contribution is -0.135. The number of rotatable bonds is 4. The zero-order chi connectivity index (χ0) is 13.8. The highest BCUT2D eigenvalue weighted by Crippen LogP contribution is 2.21. The van der Waals surface area contributed by atoms with Crippen molar-refractivity contribution in [2.24, 2.45) is 0 Å². The maximum atomic E-state index is 12.2. The number of nitrogens with zero attached hydrogens (tertiary/aromatic N) is 1. The molecule has 1 aromatic carbocycles. The number of aromatic nitrogens is 1. The molecule has 0 bridgehead atoms. The molecule has 0 spiro atoms. The summed E-state index contributed by atoms with van der Waals surface area (Å²) in [5.41, 5.74) is 0.760. The van der Waals surface area contributed by atoms with E-state index in [1.54, 1.807) is 42.6 Å². The lowest BCUT2D eigenvalue weighted by Crippen LogP contribution is -2.35. The Morgan fingerprint density at radius 1 is 1.26 bits per heavy atom. The van der Waals surface area contributed by atoms with Crippen LogP contribution in [0.25, 0.3) is 0 Å². The molecule has 0 aliphatic heterocycles. The molecule has 2 N–H and O–H groups in total. The van der Waals surface area contributed by atoms with Crippen molar-refractivity contribution in [2.45, 2.75) is 0 Å². The van der Waals surface area contributed by atoms with E-state index >= 15 is 0 Å². The summed E-state index contributed by atoms with van der Waals surface area (Å²) in [5.74, 6) is -1.52. The van der Waals surface area contributed by atoms with Gasteiger partial charge in [-0.05, 0) is 30.3 Å². The van der Waals surface area contributed by atoms with Gasteiger partial charge < -0.3 is 10.1 Å². The molecule has 0 saturated carbocycles. The molecule has 0 fully saturated rings. The Labute approximate surface area is 114 Å². The third-order valence-corrected chi connectivity index (χ3v) is 2.72. The van der Waals surface area contributed by atoms with E-state index in [4.69, 9.17) is 16.7 Å². The fourth-order valence-corrected chi connectivity index (χ4v) is 1.85. The summed E-state index contributed by atoms with van der Waals surface area (Å²) in [6, 6.07) is 9.75. The topological polar surface area (TPSA) is 73.4 Å². The fourth-order valence-electron chi connectivity index (χ4n) is 1.67. The van der Waals surface area contributed by atoms with Crippen LogP contribution in [0.5, 0.6) is 0 Å². The quantitative estimate of drug-likeness (QED) is 0.902. The number of carboxylic acid groups (broad SMARTS) is 1. The normalized spacial score (nSPS) is 10.2. The van der Waals surface area contributed by atoms with E-state index in [1.165, 1.54) is 0 Å². The Balaban J connectivity index is 2.36. The number of carbonyl (C=O) groups is 2. The molecule has 5 nitrogen and oxygen atoms in total. The van der Waals surface area contributed by atoms with E-state index < -0.39 is 18.4 Å². The third-order valence-electron chi connectivity index (χ3n) is 2.49.